The molecule has 0 fully saturated rings. The Labute approximate surface area is 200 Å². The first-order valence-electron chi connectivity index (χ1n) is 10.5. The van der Waals surface area contributed by atoms with Gasteiger partial charge in [0.15, 0.2) is 11.8 Å². The number of nitrogens with zero attached hydrogens (tertiary/aromatic N) is 5. The van der Waals surface area contributed by atoms with Gasteiger partial charge in [-0.2, -0.15) is 5.10 Å². The Morgan fingerprint density at radius 1 is 1.35 bits per heavy atom. The molecule has 8 nitrogen and oxygen atoms in total. The van der Waals surface area contributed by atoms with Crippen molar-refractivity contribution in [2.24, 2.45) is 4.99 Å². The Bertz CT molecular complexity index is 828. The molecule has 1 aliphatic heterocycles. The van der Waals surface area contributed by atoms with Crippen LogP contribution in [0.15, 0.2) is 29.3 Å². The zero-order chi connectivity index (χ0) is 21.3. The van der Waals surface area contributed by atoms with E-state index in [-0.39, 0.29) is 35.8 Å². The highest BCUT2D eigenvalue weighted by Gasteiger charge is 2.22. The number of aryl methyl sites for hydroxylation is 1. The number of hydrogen-bond acceptors (Lipinski definition) is 5. The molecule has 1 aliphatic rings. The maximum absolute atomic E-state index is 13.0. The van der Waals surface area contributed by atoms with Gasteiger partial charge in [-0.25, -0.2) is 14.1 Å². The fourth-order valence-corrected chi connectivity index (χ4v) is 3.50. The van der Waals surface area contributed by atoms with Gasteiger partial charge < -0.3 is 20.3 Å². The summed E-state index contributed by atoms with van der Waals surface area (Å²) in [6.07, 6.45) is 1.87. The number of rotatable bonds is 9. The maximum Gasteiger partial charge on any atom is 0.191 e. The second-order valence-electron chi connectivity index (χ2n) is 7.56. The topological polar surface area (TPSA) is 79.6 Å². The summed E-state index contributed by atoms with van der Waals surface area (Å²) in [7, 11) is 3.70. The monoisotopic (exact) mass is 545 g/mol. The van der Waals surface area contributed by atoms with Crippen molar-refractivity contribution in [3.05, 3.63) is 47.3 Å². The second-order valence-corrected chi connectivity index (χ2v) is 7.56. The Hall–Kier alpha value is -1.79. The van der Waals surface area contributed by atoms with Crippen LogP contribution in [0.2, 0.25) is 0 Å². The van der Waals surface area contributed by atoms with Gasteiger partial charge >= 0.3 is 0 Å². The van der Waals surface area contributed by atoms with E-state index in [1.807, 2.05) is 23.9 Å². The third-order valence-electron chi connectivity index (χ3n) is 4.98. The predicted molar refractivity (Wildman–Crippen MR) is 130 cm³/mol. The number of benzene rings is 1. The van der Waals surface area contributed by atoms with E-state index in [0.29, 0.717) is 13.2 Å². The number of likely N-dealkylation sites (N-methyl/N-ethyl adjacent to an activating group) is 1. The van der Waals surface area contributed by atoms with Crippen molar-refractivity contribution in [2.45, 2.75) is 45.5 Å². The molecule has 0 spiro atoms. The zero-order valence-electron chi connectivity index (χ0n) is 18.5. The van der Waals surface area contributed by atoms with Gasteiger partial charge in [0.25, 0.3) is 0 Å². The highest BCUT2D eigenvalue weighted by Crippen LogP contribution is 2.13. The van der Waals surface area contributed by atoms with Crippen LogP contribution in [0.1, 0.15) is 30.6 Å². The van der Waals surface area contributed by atoms with E-state index in [4.69, 9.17) is 9.73 Å². The van der Waals surface area contributed by atoms with Crippen LogP contribution in [0.3, 0.4) is 0 Å². The van der Waals surface area contributed by atoms with Gasteiger partial charge in [-0.05, 0) is 38.1 Å². The number of ether oxygens (including phenoxy) is 1. The van der Waals surface area contributed by atoms with Crippen molar-refractivity contribution in [3.8, 4) is 0 Å². The molecular formula is C21H33FIN7O. The summed E-state index contributed by atoms with van der Waals surface area (Å²) >= 11 is 0. The Morgan fingerprint density at radius 2 is 2.13 bits per heavy atom. The van der Waals surface area contributed by atoms with Gasteiger partial charge in [0.05, 0.1) is 13.1 Å². The molecule has 1 atom stereocenters. The lowest BCUT2D eigenvalue weighted by molar-refractivity contribution is 0.177. The van der Waals surface area contributed by atoms with Crippen LogP contribution >= 0.6 is 24.0 Å². The average Bonchev–Trinajstić information content (AvgIpc) is 3.12. The fraction of sp³-hybridized carbons (Fsp3) is 0.571. The Morgan fingerprint density at radius 3 is 2.84 bits per heavy atom. The maximum atomic E-state index is 13.0. The number of aromatic nitrogens is 3. The highest BCUT2D eigenvalue weighted by molar-refractivity contribution is 14.0. The van der Waals surface area contributed by atoms with Gasteiger partial charge in [-0.3, -0.25) is 4.99 Å². The van der Waals surface area contributed by atoms with Gasteiger partial charge in [0, 0.05) is 39.2 Å². The summed E-state index contributed by atoms with van der Waals surface area (Å²) in [4.78, 5) is 11.4. The van der Waals surface area contributed by atoms with Crippen molar-refractivity contribution in [3.63, 3.8) is 0 Å². The Balaban J connectivity index is 0.00000341. The van der Waals surface area contributed by atoms with Crippen LogP contribution in [0.25, 0.3) is 0 Å². The molecule has 1 aromatic carbocycles. The molecule has 10 heteroatoms. The van der Waals surface area contributed by atoms with Crippen molar-refractivity contribution in [2.75, 3.05) is 33.8 Å². The van der Waals surface area contributed by atoms with E-state index < -0.39 is 0 Å². The molecule has 1 aromatic heterocycles. The molecule has 0 aliphatic carbocycles. The first-order valence-corrected chi connectivity index (χ1v) is 10.5. The first kappa shape index (κ1) is 25.5. The standard InChI is InChI=1S/C21H32FN7O.HI/c1-4-23-21(24-11-12-28(2)13-16-5-7-17(22)8-6-16)25-18-9-10-20-26-19(15-30-3)27-29(20)14-18;/h5-8,18H,4,9-15H2,1-3H3,(H2,23,24,25);1H. The lowest BCUT2D eigenvalue weighted by Gasteiger charge is -2.25. The minimum Gasteiger partial charge on any atom is -0.377 e. The molecule has 2 aromatic rings. The SMILES string of the molecule is CCNC(=NCCN(C)Cc1ccc(F)cc1)NC1CCc2nc(COC)nn2C1.I. The molecule has 2 heterocycles. The smallest absolute Gasteiger partial charge is 0.191 e. The largest absolute Gasteiger partial charge is 0.377 e. The normalized spacial score (nSPS) is 16.0. The third-order valence-corrected chi connectivity index (χ3v) is 4.98. The summed E-state index contributed by atoms with van der Waals surface area (Å²) in [6.45, 7) is 6.32. The molecule has 0 saturated heterocycles. The van der Waals surface area contributed by atoms with Gasteiger partial charge in [0.1, 0.15) is 18.2 Å². The first-order chi connectivity index (χ1) is 14.6. The molecule has 172 valence electrons. The molecular weight excluding hydrogens is 512 g/mol. The third kappa shape index (κ3) is 8.00. The van der Waals surface area contributed by atoms with Crippen molar-refractivity contribution in [1.82, 2.24) is 30.3 Å². The Kier molecular flexibility index (Phi) is 10.6. The summed E-state index contributed by atoms with van der Waals surface area (Å²) in [6, 6.07) is 6.89. The van der Waals surface area contributed by atoms with E-state index >= 15 is 0 Å². The average molecular weight is 545 g/mol. The summed E-state index contributed by atoms with van der Waals surface area (Å²) < 4.78 is 20.1. The summed E-state index contributed by atoms with van der Waals surface area (Å²) in [5.41, 5.74) is 1.09. The molecule has 2 N–H and O–H groups in total. The van der Waals surface area contributed by atoms with E-state index in [9.17, 15) is 4.39 Å². The number of aliphatic imine (C=N–C) groups is 1. The molecule has 0 radical (unpaired) electrons. The van der Waals surface area contributed by atoms with E-state index in [1.165, 1.54) is 12.1 Å². The number of fused-ring (bicyclic) bond motifs is 1. The number of hydrogen-bond donors (Lipinski definition) is 2. The van der Waals surface area contributed by atoms with Crippen LogP contribution < -0.4 is 10.6 Å². The van der Waals surface area contributed by atoms with Crippen LogP contribution in [-0.4, -0.2) is 65.5 Å². The van der Waals surface area contributed by atoms with E-state index in [2.05, 4.69) is 32.5 Å². The van der Waals surface area contributed by atoms with Crippen LogP contribution in [0.4, 0.5) is 4.39 Å². The number of halogens is 2. The lowest BCUT2D eigenvalue weighted by Crippen LogP contribution is -2.47. The minimum absolute atomic E-state index is 0. The quantitative estimate of drug-likeness (QED) is 0.286. The number of nitrogens with one attached hydrogen (secondary N) is 2. The molecule has 0 saturated carbocycles. The summed E-state index contributed by atoms with van der Waals surface area (Å²) in [5.74, 6) is 2.36. The number of methoxy groups -OCH3 is 1. The molecule has 3 rings (SSSR count). The highest BCUT2D eigenvalue weighted by atomic mass is 127. The van der Waals surface area contributed by atoms with E-state index in [0.717, 1.165) is 62.2 Å². The fourth-order valence-electron chi connectivity index (χ4n) is 3.50. The minimum atomic E-state index is -0.206. The molecule has 0 bridgehead atoms. The van der Waals surface area contributed by atoms with Crippen LogP contribution in [-0.2, 0) is 30.9 Å². The molecule has 31 heavy (non-hydrogen) atoms. The van der Waals surface area contributed by atoms with Gasteiger partial charge in [-0.1, -0.05) is 12.1 Å². The van der Waals surface area contributed by atoms with Crippen molar-refractivity contribution in [1.29, 1.82) is 0 Å². The lowest BCUT2D eigenvalue weighted by atomic mass is 10.1. The molecule has 1 unspecified atom stereocenters. The second kappa shape index (κ2) is 12.9. The van der Waals surface area contributed by atoms with Crippen molar-refractivity contribution >= 4 is 29.9 Å². The summed E-state index contributed by atoms with van der Waals surface area (Å²) in [5, 5.41) is 11.4. The molecule has 0 amide bonds. The number of guanidine groups is 1. The van der Waals surface area contributed by atoms with Gasteiger partial charge in [-0.15, -0.1) is 24.0 Å². The van der Waals surface area contributed by atoms with E-state index in [1.54, 1.807) is 7.11 Å². The van der Waals surface area contributed by atoms with Crippen LogP contribution in [0, 0.1) is 5.82 Å². The van der Waals surface area contributed by atoms with Gasteiger partial charge in [0.2, 0.25) is 0 Å². The predicted octanol–water partition coefficient (Wildman–Crippen LogP) is 2.18. The zero-order valence-corrected chi connectivity index (χ0v) is 20.8. The van der Waals surface area contributed by atoms with Crippen molar-refractivity contribution < 1.29 is 9.13 Å². The van der Waals surface area contributed by atoms with Crippen LogP contribution in [0.5, 0.6) is 0 Å².